The molecule has 0 saturated carbocycles. The quantitative estimate of drug-likeness (QED) is 0.909. The Bertz CT molecular complexity index is 595. The zero-order valence-corrected chi connectivity index (χ0v) is 11.8. The van der Waals surface area contributed by atoms with Crippen LogP contribution in [0.3, 0.4) is 0 Å². The SMILES string of the molecule is CCn1ccnc1CNC(C)c1ccc2c(c1)OCO2. The number of hydrogen-bond acceptors (Lipinski definition) is 4. The van der Waals surface area contributed by atoms with Gasteiger partial charge in [0.25, 0.3) is 0 Å². The second-order valence-corrected chi connectivity index (χ2v) is 4.84. The minimum Gasteiger partial charge on any atom is -0.454 e. The monoisotopic (exact) mass is 273 g/mol. The molecule has 1 N–H and O–H groups in total. The molecule has 1 unspecified atom stereocenters. The molecule has 2 aromatic rings. The van der Waals surface area contributed by atoms with Gasteiger partial charge in [0, 0.05) is 25.0 Å². The second-order valence-electron chi connectivity index (χ2n) is 4.84. The average Bonchev–Trinajstić information content (AvgIpc) is 3.12. The van der Waals surface area contributed by atoms with Gasteiger partial charge in [-0.25, -0.2) is 4.98 Å². The van der Waals surface area contributed by atoms with Gasteiger partial charge in [-0.1, -0.05) is 6.07 Å². The fourth-order valence-electron chi connectivity index (χ4n) is 2.34. The number of fused-ring (bicyclic) bond motifs is 1. The minimum atomic E-state index is 0.228. The zero-order valence-electron chi connectivity index (χ0n) is 11.8. The van der Waals surface area contributed by atoms with Gasteiger partial charge in [-0.3, -0.25) is 0 Å². The van der Waals surface area contributed by atoms with E-state index in [1.807, 2.05) is 24.5 Å². The Kier molecular flexibility index (Phi) is 3.60. The summed E-state index contributed by atoms with van der Waals surface area (Å²) < 4.78 is 12.9. The summed E-state index contributed by atoms with van der Waals surface area (Å²) in [6.45, 7) is 6.25. The first-order chi connectivity index (χ1) is 9.78. The highest BCUT2D eigenvalue weighted by molar-refractivity contribution is 5.45. The first kappa shape index (κ1) is 13.0. The summed E-state index contributed by atoms with van der Waals surface area (Å²) in [5, 5.41) is 3.49. The van der Waals surface area contributed by atoms with Gasteiger partial charge >= 0.3 is 0 Å². The zero-order chi connectivity index (χ0) is 13.9. The summed E-state index contributed by atoms with van der Waals surface area (Å²) in [5.41, 5.74) is 1.18. The molecule has 1 aliphatic heterocycles. The summed E-state index contributed by atoms with van der Waals surface area (Å²) in [5.74, 6) is 2.70. The van der Waals surface area contributed by atoms with Gasteiger partial charge < -0.3 is 19.4 Å². The summed E-state index contributed by atoms with van der Waals surface area (Å²) >= 11 is 0. The van der Waals surface area contributed by atoms with E-state index in [1.54, 1.807) is 0 Å². The van der Waals surface area contributed by atoms with Crippen molar-refractivity contribution in [2.75, 3.05) is 6.79 Å². The summed E-state index contributed by atoms with van der Waals surface area (Å²) in [4.78, 5) is 4.37. The molecule has 0 fully saturated rings. The van der Waals surface area contributed by atoms with Crippen LogP contribution >= 0.6 is 0 Å². The van der Waals surface area contributed by atoms with E-state index in [-0.39, 0.29) is 6.04 Å². The van der Waals surface area contributed by atoms with Crippen molar-refractivity contribution in [3.63, 3.8) is 0 Å². The van der Waals surface area contributed by atoms with Crippen LogP contribution in [0.4, 0.5) is 0 Å². The van der Waals surface area contributed by atoms with E-state index in [1.165, 1.54) is 5.56 Å². The number of benzene rings is 1. The molecule has 106 valence electrons. The number of nitrogens with zero attached hydrogens (tertiary/aromatic N) is 2. The van der Waals surface area contributed by atoms with E-state index in [0.29, 0.717) is 6.79 Å². The molecule has 0 saturated heterocycles. The molecular weight excluding hydrogens is 254 g/mol. The van der Waals surface area contributed by atoms with E-state index in [0.717, 1.165) is 30.4 Å². The van der Waals surface area contributed by atoms with E-state index < -0.39 is 0 Å². The Labute approximate surface area is 118 Å². The molecule has 0 aliphatic carbocycles. The van der Waals surface area contributed by atoms with Gasteiger partial charge in [0.2, 0.25) is 6.79 Å². The lowest BCUT2D eigenvalue weighted by Gasteiger charge is -2.15. The molecule has 0 spiro atoms. The van der Waals surface area contributed by atoms with Gasteiger partial charge in [-0.15, -0.1) is 0 Å². The lowest BCUT2D eigenvalue weighted by molar-refractivity contribution is 0.174. The third kappa shape index (κ3) is 2.49. The number of hydrogen-bond donors (Lipinski definition) is 1. The van der Waals surface area contributed by atoms with Crippen LogP contribution in [0.2, 0.25) is 0 Å². The van der Waals surface area contributed by atoms with Crippen molar-refractivity contribution in [2.24, 2.45) is 0 Å². The predicted molar refractivity (Wildman–Crippen MR) is 75.7 cm³/mol. The van der Waals surface area contributed by atoms with E-state index in [9.17, 15) is 0 Å². The molecule has 20 heavy (non-hydrogen) atoms. The highest BCUT2D eigenvalue weighted by atomic mass is 16.7. The molecule has 5 heteroatoms. The Morgan fingerprint density at radius 3 is 3.05 bits per heavy atom. The van der Waals surface area contributed by atoms with Crippen LogP contribution in [0, 0.1) is 0 Å². The number of rotatable bonds is 5. The molecule has 0 radical (unpaired) electrons. The van der Waals surface area contributed by atoms with Crippen LogP contribution in [0.15, 0.2) is 30.6 Å². The molecule has 3 rings (SSSR count). The smallest absolute Gasteiger partial charge is 0.231 e. The number of ether oxygens (including phenoxy) is 2. The largest absolute Gasteiger partial charge is 0.454 e. The van der Waals surface area contributed by atoms with Crippen molar-refractivity contribution in [1.29, 1.82) is 0 Å². The number of nitrogens with one attached hydrogen (secondary N) is 1. The minimum absolute atomic E-state index is 0.228. The van der Waals surface area contributed by atoms with E-state index >= 15 is 0 Å². The summed E-state index contributed by atoms with van der Waals surface area (Å²) in [7, 11) is 0. The van der Waals surface area contributed by atoms with Crippen LogP contribution in [0.25, 0.3) is 0 Å². The van der Waals surface area contributed by atoms with Crippen molar-refractivity contribution in [3.8, 4) is 11.5 Å². The highest BCUT2D eigenvalue weighted by Gasteiger charge is 2.15. The van der Waals surface area contributed by atoms with Crippen molar-refractivity contribution >= 4 is 0 Å². The van der Waals surface area contributed by atoms with E-state index in [4.69, 9.17) is 9.47 Å². The first-order valence-electron chi connectivity index (χ1n) is 6.91. The lowest BCUT2D eigenvalue weighted by atomic mass is 10.1. The normalized spacial score (nSPS) is 14.5. The van der Waals surface area contributed by atoms with Crippen LogP contribution in [-0.2, 0) is 13.1 Å². The fraction of sp³-hybridized carbons (Fsp3) is 0.400. The molecular formula is C15H19N3O2. The maximum Gasteiger partial charge on any atom is 0.231 e. The van der Waals surface area contributed by atoms with Gasteiger partial charge in [0.15, 0.2) is 11.5 Å². The number of aromatic nitrogens is 2. The van der Waals surface area contributed by atoms with Crippen molar-refractivity contribution < 1.29 is 9.47 Å². The maximum atomic E-state index is 5.41. The molecule has 1 atom stereocenters. The third-order valence-electron chi connectivity index (χ3n) is 3.61. The molecule has 1 aliphatic rings. The first-order valence-corrected chi connectivity index (χ1v) is 6.91. The Morgan fingerprint density at radius 1 is 1.35 bits per heavy atom. The third-order valence-corrected chi connectivity index (χ3v) is 3.61. The summed E-state index contributed by atoms with van der Waals surface area (Å²) in [6.07, 6.45) is 3.84. The van der Waals surface area contributed by atoms with Gasteiger partial charge in [0.05, 0.1) is 6.54 Å². The average molecular weight is 273 g/mol. The molecule has 0 bridgehead atoms. The second kappa shape index (κ2) is 5.54. The summed E-state index contributed by atoms with van der Waals surface area (Å²) in [6, 6.07) is 6.29. The fourth-order valence-corrected chi connectivity index (χ4v) is 2.34. The van der Waals surface area contributed by atoms with E-state index in [2.05, 4.69) is 34.8 Å². The van der Waals surface area contributed by atoms with Crippen LogP contribution < -0.4 is 14.8 Å². The van der Waals surface area contributed by atoms with Gasteiger partial charge in [-0.2, -0.15) is 0 Å². The van der Waals surface area contributed by atoms with Gasteiger partial charge in [0.1, 0.15) is 5.82 Å². The van der Waals surface area contributed by atoms with Crippen LogP contribution in [-0.4, -0.2) is 16.3 Å². The molecule has 0 amide bonds. The lowest BCUT2D eigenvalue weighted by Crippen LogP contribution is -2.20. The van der Waals surface area contributed by atoms with Crippen molar-refractivity contribution in [3.05, 3.63) is 42.0 Å². The molecule has 2 heterocycles. The topological polar surface area (TPSA) is 48.3 Å². The number of aryl methyl sites for hydroxylation is 1. The standard InChI is InChI=1S/C15H19N3O2/c1-3-18-7-6-16-15(18)9-17-11(2)12-4-5-13-14(8-12)20-10-19-13/h4-8,11,17H,3,9-10H2,1-2H3. The Hall–Kier alpha value is -2.01. The van der Waals surface area contributed by atoms with Crippen molar-refractivity contribution in [2.45, 2.75) is 33.0 Å². The molecule has 5 nitrogen and oxygen atoms in total. The highest BCUT2D eigenvalue weighted by Crippen LogP contribution is 2.34. The molecule has 1 aromatic carbocycles. The Morgan fingerprint density at radius 2 is 2.20 bits per heavy atom. The Balaban J connectivity index is 1.66. The van der Waals surface area contributed by atoms with Gasteiger partial charge in [-0.05, 0) is 31.5 Å². The predicted octanol–water partition coefficient (Wildman–Crippen LogP) is 2.48. The maximum absolute atomic E-state index is 5.41. The number of imidazole rings is 1. The van der Waals surface area contributed by atoms with Crippen LogP contribution in [0.5, 0.6) is 11.5 Å². The molecule has 1 aromatic heterocycles. The van der Waals surface area contributed by atoms with Crippen molar-refractivity contribution in [1.82, 2.24) is 14.9 Å². The van der Waals surface area contributed by atoms with Crippen LogP contribution in [0.1, 0.15) is 31.3 Å².